The van der Waals surface area contributed by atoms with Crippen LogP contribution < -0.4 is 5.32 Å². The Morgan fingerprint density at radius 3 is 2.67 bits per heavy atom. The normalized spacial score (nSPS) is 11.8. The Balaban J connectivity index is 2.22. The molecule has 108 valence electrons. The second kappa shape index (κ2) is 4.84. The molecule has 21 heavy (non-hydrogen) atoms. The van der Waals surface area contributed by atoms with Crippen molar-refractivity contribution < 1.29 is 0 Å². The van der Waals surface area contributed by atoms with Gasteiger partial charge in [-0.3, -0.25) is 10.1 Å². The number of aromatic amines is 1. The zero-order chi connectivity index (χ0) is 15.0. The maximum Gasteiger partial charge on any atom is 0.0913 e. The summed E-state index contributed by atoms with van der Waals surface area (Å²) in [5.74, 6) is 0. The number of aromatic nitrogens is 4. The van der Waals surface area contributed by atoms with Crippen molar-refractivity contribution in [3.05, 3.63) is 36.4 Å². The van der Waals surface area contributed by atoms with E-state index in [2.05, 4.69) is 47.3 Å². The molecule has 5 nitrogen and oxygen atoms in total. The lowest BCUT2D eigenvalue weighted by molar-refractivity contribution is 0.635. The van der Waals surface area contributed by atoms with Crippen LogP contribution in [-0.4, -0.2) is 25.7 Å². The molecule has 0 spiro atoms. The van der Waals surface area contributed by atoms with E-state index >= 15 is 0 Å². The van der Waals surface area contributed by atoms with Gasteiger partial charge in [-0.25, -0.2) is 4.98 Å². The van der Waals surface area contributed by atoms with Gasteiger partial charge in [0.1, 0.15) is 0 Å². The molecule has 3 heterocycles. The number of H-pyrrole nitrogens is 1. The van der Waals surface area contributed by atoms with Crippen molar-refractivity contribution in [2.24, 2.45) is 0 Å². The highest BCUT2D eigenvalue weighted by Gasteiger charge is 2.15. The highest BCUT2D eigenvalue weighted by molar-refractivity contribution is 5.93. The minimum Gasteiger partial charge on any atom is -0.380 e. The van der Waals surface area contributed by atoms with Crippen LogP contribution in [0.1, 0.15) is 26.5 Å². The Kier molecular flexibility index (Phi) is 3.12. The van der Waals surface area contributed by atoms with Crippen LogP contribution in [0.3, 0.4) is 0 Å². The minimum absolute atomic E-state index is 0.0275. The van der Waals surface area contributed by atoms with E-state index in [1.165, 1.54) is 0 Å². The van der Waals surface area contributed by atoms with Crippen molar-refractivity contribution in [3.63, 3.8) is 0 Å². The fourth-order valence-corrected chi connectivity index (χ4v) is 2.33. The Bertz CT molecular complexity index is 783. The summed E-state index contributed by atoms with van der Waals surface area (Å²) in [6.45, 7) is 8.42. The molecule has 0 aromatic carbocycles. The van der Waals surface area contributed by atoms with Crippen LogP contribution in [0, 0.1) is 6.92 Å². The molecule has 0 saturated heterocycles. The van der Waals surface area contributed by atoms with E-state index in [4.69, 9.17) is 4.98 Å². The topological polar surface area (TPSA) is 66.5 Å². The molecule has 0 aliphatic heterocycles. The lowest BCUT2D eigenvalue weighted by Crippen LogP contribution is -2.26. The lowest BCUT2D eigenvalue weighted by Gasteiger charge is -2.23. The maximum atomic E-state index is 4.71. The Morgan fingerprint density at radius 2 is 2.00 bits per heavy atom. The van der Waals surface area contributed by atoms with E-state index in [1.54, 1.807) is 18.6 Å². The molecule has 3 rings (SSSR count). The molecule has 0 aliphatic rings. The molecule has 2 N–H and O–H groups in total. The van der Waals surface area contributed by atoms with Crippen LogP contribution in [0.2, 0.25) is 0 Å². The first-order valence-electron chi connectivity index (χ1n) is 6.97. The number of nitrogens with zero attached hydrogens (tertiary/aromatic N) is 3. The van der Waals surface area contributed by atoms with Crippen molar-refractivity contribution >= 4 is 16.6 Å². The van der Waals surface area contributed by atoms with Crippen LogP contribution in [-0.2, 0) is 0 Å². The van der Waals surface area contributed by atoms with Crippen LogP contribution in [0.4, 0.5) is 5.69 Å². The van der Waals surface area contributed by atoms with Gasteiger partial charge in [0.2, 0.25) is 0 Å². The number of fused-ring (bicyclic) bond motifs is 1. The second-order valence-electron chi connectivity index (χ2n) is 6.23. The van der Waals surface area contributed by atoms with Crippen molar-refractivity contribution in [2.45, 2.75) is 33.2 Å². The number of hydrogen-bond donors (Lipinski definition) is 2. The Morgan fingerprint density at radius 1 is 1.19 bits per heavy atom. The first-order chi connectivity index (χ1) is 9.94. The predicted molar refractivity (Wildman–Crippen MR) is 85.2 cm³/mol. The van der Waals surface area contributed by atoms with Crippen molar-refractivity contribution in [1.29, 1.82) is 0 Å². The van der Waals surface area contributed by atoms with E-state index in [0.717, 1.165) is 33.5 Å². The summed E-state index contributed by atoms with van der Waals surface area (Å²) in [5.41, 5.74) is 4.83. The van der Waals surface area contributed by atoms with Gasteiger partial charge in [-0.1, -0.05) is 0 Å². The van der Waals surface area contributed by atoms with Gasteiger partial charge in [0, 0.05) is 34.1 Å². The number of anilines is 1. The average Bonchev–Trinajstić information content (AvgIpc) is 2.83. The number of rotatable bonds is 2. The summed E-state index contributed by atoms with van der Waals surface area (Å²) in [6, 6.07) is 4.06. The Hall–Kier alpha value is -2.43. The fourth-order valence-electron chi connectivity index (χ4n) is 2.33. The number of pyridine rings is 2. The van der Waals surface area contributed by atoms with Gasteiger partial charge in [-0.2, -0.15) is 5.10 Å². The molecule has 0 atom stereocenters. The van der Waals surface area contributed by atoms with Crippen molar-refractivity contribution in [3.8, 4) is 11.3 Å². The van der Waals surface area contributed by atoms with E-state index in [-0.39, 0.29) is 5.54 Å². The largest absolute Gasteiger partial charge is 0.380 e. The molecule has 0 amide bonds. The minimum atomic E-state index is -0.0275. The molecule has 0 aliphatic carbocycles. The molecule has 0 radical (unpaired) electrons. The van der Waals surface area contributed by atoms with Crippen molar-refractivity contribution in [1.82, 2.24) is 20.2 Å². The van der Waals surface area contributed by atoms with Crippen molar-refractivity contribution in [2.75, 3.05) is 5.32 Å². The van der Waals surface area contributed by atoms with Gasteiger partial charge in [-0.05, 0) is 39.8 Å². The van der Waals surface area contributed by atoms with E-state index < -0.39 is 0 Å². The standard InChI is InChI=1S/C16H19N5/c1-10-12(8-18-21-10)13-7-14(20-16(2,3)4)11-5-6-17-9-15(11)19-13/h5-9H,1-4H3,(H,18,21)(H,19,20). The average molecular weight is 281 g/mol. The Labute approximate surface area is 123 Å². The monoisotopic (exact) mass is 281 g/mol. The van der Waals surface area contributed by atoms with Crippen LogP contribution in [0.15, 0.2) is 30.7 Å². The van der Waals surface area contributed by atoms with Gasteiger partial charge in [-0.15, -0.1) is 0 Å². The number of nitrogens with one attached hydrogen (secondary N) is 2. The second-order valence-corrected chi connectivity index (χ2v) is 6.23. The van der Waals surface area contributed by atoms with Crippen LogP contribution in [0.5, 0.6) is 0 Å². The molecule has 3 aromatic heterocycles. The zero-order valence-corrected chi connectivity index (χ0v) is 12.7. The van der Waals surface area contributed by atoms with E-state index in [0.29, 0.717) is 0 Å². The highest BCUT2D eigenvalue weighted by atomic mass is 15.1. The van der Waals surface area contributed by atoms with Gasteiger partial charge in [0.05, 0.1) is 23.6 Å². The van der Waals surface area contributed by atoms with Crippen LogP contribution >= 0.6 is 0 Å². The molecule has 5 heteroatoms. The summed E-state index contributed by atoms with van der Waals surface area (Å²) in [7, 11) is 0. The predicted octanol–water partition coefficient (Wildman–Crippen LogP) is 3.54. The van der Waals surface area contributed by atoms with Gasteiger partial charge >= 0.3 is 0 Å². The summed E-state index contributed by atoms with van der Waals surface area (Å²) < 4.78 is 0. The number of hydrogen-bond acceptors (Lipinski definition) is 4. The first kappa shape index (κ1) is 13.5. The summed E-state index contributed by atoms with van der Waals surface area (Å²) in [4.78, 5) is 8.89. The maximum absolute atomic E-state index is 4.71. The SMILES string of the molecule is Cc1[nH]ncc1-c1cc(NC(C)(C)C)c2ccncc2n1. The third-order valence-corrected chi connectivity index (χ3v) is 3.23. The van der Waals surface area contributed by atoms with Gasteiger partial charge < -0.3 is 5.32 Å². The van der Waals surface area contributed by atoms with E-state index in [9.17, 15) is 0 Å². The fraction of sp³-hybridized carbons (Fsp3) is 0.312. The van der Waals surface area contributed by atoms with Gasteiger partial charge in [0.25, 0.3) is 0 Å². The lowest BCUT2D eigenvalue weighted by atomic mass is 10.1. The smallest absolute Gasteiger partial charge is 0.0913 e. The molecule has 0 unspecified atom stereocenters. The molecular formula is C16H19N5. The molecule has 0 fully saturated rings. The molecular weight excluding hydrogens is 262 g/mol. The third-order valence-electron chi connectivity index (χ3n) is 3.23. The third kappa shape index (κ3) is 2.72. The number of aryl methyl sites for hydroxylation is 1. The first-order valence-corrected chi connectivity index (χ1v) is 6.97. The summed E-state index contributed by atoms with van der Waals surface area (Å²) in [6.07, 6.45) is 5.39. The summed E-state index contributed by atoms with van der Waals surface area (Å²) in [5, 5.41) is 11.7. The molecule has 0 bridgehead atoms. The van der Waals surface area contributed by atoms with E-state index in [1.807, 2.05) is 13.0 Å². The zero-order valence-electron chi connectivity index (χ0n) is 12.7. The highest BCUT2D eigenvalue weighted by Crippen LogP contribution is 2.30. The summed E-state index contributed by atoms with van der Waals surface area (Å²) >= 11 is 0. The van der Waals surface area contributed by atoms with Gasteiger partial charge in [0.15, 0.2) is 0 Å². The molecule has 3 aromatic rings. The quantitative estimate of drug-likeness (QED) is 0.754. The van der Waals surface area contributed by atoms with Crippen LogP contribution in [0.25, 0.3) is 22.2 Å². The molecule has 0 saturated carbocycles.